The van der Waals surface area contributed by atoms with Crippen molar-refractivity contribution in [3.8, 4) is 0 Å². The van der Waals surface area contributed by atoms with Crippen LogP contribution in [0, 0.1) is 0 Å². The van der Waals surface area contributed by atoms with E-state index in [2.05, 4.69) is 15.9 Å². The lowest BCUT2D eigenvalue weighted by molar-refractivity contribution is 0.586. The van der Waals surface area contributed by atoms with Gasteiger partial charge in [0.2, 0.25) is 0 Å². The Hall–Kier alpha value is -0.920. The van der Waals surface area contributed by atoms with Gasteiger partial charge in [-0.05, 0) is 42.0 Å². The van der Waals surface area contributed by atoms with Crippen molar-refractivity contribution in [3.05, 3.63) is 63.6 Å². The molecule has 0 aromatic heterocycles. The van der Waals surface area contributed by atoms with Crippen LogP contribution in [0.15, 0.2) is 57.9 Å². The normalized spacial score (nSPS) is 27.0. The molecule has 0 unspecified atom stereocenters. The summed E-state index contributed by atoms with van der Waals surface area (Å²) >= 11 is 9.21. The van der Waals surface area contributed by atoms with E-state index in [1.807, 2.05) is 24.3 Å². The van der Waals surface area contributed by atoms with Crippen LogP contribution in [0.25, 0.3) is 0 Å². The van der Waals surface area contributed by atoms with E-state index in [4.69, 9.17) is 23.1 Å². The summed E-state index contributed by atoms with van der Waals surface area (Å²) in [6.45, 7) is 0.102. The number of rotatable bonds is 4. The molecule has 4 nitrogen and oxygen atoms in total. The molecule has 3 atom stereocenters. The van der Waals surface area contributed by atoms with Crippen molar-refractivity contribution in [2.24, 2.45) is 11.5 Å². The number of hydrogen-bond donors (Lipinski definition) is 2. The van der Waals surface area contributed by atoms with Crippen LogP contribution in [-0.4, -0.2) is 25.8 Å². The molecule has 0 saturated heterocycles. The lowest BCUT2D eigenvalue weighted by Crippen LogP contribution is -2.39. The molecule has 0 amide bonds. The summed E-state index contributed by atoms with van der Waals surface area (Å²) in [7, 11) is -3.59. The van der Waals surface area contributed by atoms with E-state index in [0.29, 0.717) is 5.02 Å². The Labute approximate surface area is 148 Å². The van der Waals surface area contributed by atoms with E-state index in [-0.39, 0.29) is 17.4 Å². The maximum atomic E-state index is 12.9. The largest absolute Gasteiger partial charge is 0.329 e. The van der Waals surface area contributed by atoms with Crippen LogP contribution in [-0.2, 0) is 9.84 Å². The molecule has 0 radical (unpaired) electrons. The number of nitrogens with two attached hydrogens (primary N) is 2. The van der Waals surface area contributed by atoms with Crippen LogP contribution >= 0.6 is 27.5 Å². The first-order valence-electron chi connectivity index (χ1n) is 7.04. The predicted molar refractivity (Wildman–Crippen MR) is 95.3 cm³/mol. The van der Waals surface area contributed by atoms with Gasteiger partial charge in [0.1, 0.15) is 0 Å². The molecule has 0 aliphatic heterocycles. The predicted octanol–water partition coefficient (Wildman–Crippen LogP) is 2.70. The monoisotopic (exact) mass is 414 g/mol. The molecule has 0 spiro atoms. The van der Waals surface area contributed by atoms with Crippen LogP contribution in [0.4, 0.5) is 0 Å². The van der Waals surface area contributed by atoms with Gasteiger partial charge in [-0.25, -0.2) is 8.42 Å². The number of hydrogen-bond acceptors (Lipinski definition) is 4. The fourth-order valence-corrected chi connectivity index (χ4v) is 5.77. The Kier molecular flexibility index (Phi) is 4.31. The topological polar surface area (TPSA) is 86.2 Å². The standard InChI is InChI=1S/C16H16BrClN2O2S/c17-11-3-1-10(2-4-11)14-15(16(14,20)9-19)23(21,22)13-7-5-12(18)6-8-13/h1-8,14-15H,9,19-20H2/t14-,15-,16+/m1/s1. The first-order chi connectivity index (χ1) is 10.8. The van der Waals surface area contributed by atoms with Gasteiger partial charge in [-0.2, -0.15) is 0 Å². The van der Waals surface area contributed by atoms with Crippen LogP contribution in [0.5, 0.6) is 0 Å². The quantitative estimate of drug-likeness (QED) is 0.804. The van der Waals surface area contributed by atoms with Gasteiger partial charge >= 0.3 is 0 Å². The van der Waals surface area contributed by atoms with Crippen molar-refractivity contribution < 1.29 is 8.42 Å². The maximum Gasteiger partial charge on any atom is 0.183 e. The Balaban J connectivity index is 2.01. The van der Waals surface area contributed by atoms with Crippen molar-refractivity contribution in [3.63, 3.8) is 0 Å². The van der Waals surface area contributed by atoms with Gasteiger partial charge in [0.15, 0.2) is 9.84 Å². The number of halogens is 2. The molecule has 3 rings (SSSR count). The zero-order valence-corrected chi connectivity index (χ0v) is 15.3. The zero-order valence-electron chi connectivity index (χ0n) is 12.1. The Morgan fingerprint density at radius 3 is 2.17 bits per heavy atom. The van der Waals surface area contributed by atoms with Gasteiger partial charge in [0, 0.05) is 22.0 Å². The van der Waals surface area contributed by atoms with Gasteiger partial charge in [-0.3, -0.25) is 0 Å². The van der Waals surface area contributed by atoms with Crippen molar-refractivity contribution in [2.45, 2.75) is 21.6 Å². The summed E-state index contributed by atoms with van der Waals surface area (Å²) in [6.07, 6.45) is 0. The van der Waals surface area contributed by atoms with Gasteiger partial charge < -0.3 is 11.5 Å². The van der Waals surface area contributed by atoms with Gasteiger partial charge in [0.05, 0.1) is 15.7 Å². The second kappa shape index (κ2) is 5.86. The Morgan fingerprint density at radius 1 is 1.09 bits per heavy atom. The molecule has 4 N–H and O–H groups in total. The van der Waals surface area contributed by atoms with Gasteiger partial charge in [-0.15, -0.1) is 0 Å². The Bertz CT molecular complexity index is 824. The smallest absolute Gasteiger partial charge is 0.183 e. The summed E-state index contributed by atoms with van der Waals surface area (Å²) < 4.78 is 26.8. The average molecular weight is 416 g/mol. The molecule has 2 aromatic carbocycles. The summed E-state index contributed by atoms with van der Waals surface area (Å²) in [5, 5.41) is -0.246. The molecule has 1 saturated carbocycles. The van der Waals surface area contributed by atoms with Gasteiger partial charge in [0.25, 0.3) is 0 Å². The lowest BCUT2D eigenvalue weighted by Gasteiger charge is -2.09. The third-order valence-electron chi connectivity index (χ3n) is 4.36. The fourth-order valence-electron chi connectivity index (χ4n) is 3.06. The number of sulfone groups is 1. The highest BCUT2D eigenvalue weighted by molar-refractivity contribution is 9.10. The minimum atomic E-state index is -3.59. The van der Waals surface area contributed by atoms with E-state index in [0.717, 1.165) is 10.0 Å². The minimum Gasteiger partial charge on any atom is -0.329 e. The fraction of sp³-hybridized carbons (Fsp3) is 0.250. The first kappa shape index (κ1) is 16.9. The van der Waals surface area contributed by atoms with Crippen LogP contribution < -0.4 is 11.5 Å². The molecule has 0 heterocycles. The Morgan fingerprint density at radius 2 is 1.65 bits per heavy atom. The van der Waals surface area contributed by atoms with Crippen LogP contribution in [0.2, 0.25) is 5.02 Å². The third-order valence-corrected chi connectivity index (χ3v) is 7.45. The zero-order chi connectivity index (χ0) is 16.8. The summed E-state index contributed by atoms with van der Waals surface area (Å²) in [5.41, 5.74) is 12.0. The summed E-state index contributed by atoms with van der Waals surface area (Å²) in [5.74, 6) is -0.318. The molecule has 0 bridgehead atoms. The van der Waals surface area contributed by atoms with Crippen LogP contribution in [0.3, 0.4) is 0 Å². The molecule has 122 valence electrons. The second-order valence-corrected chi connectivity index (χ2v) is 9.19. The molecule has 1 aliphatic carbocycles. The van der Waals surface area contributed by atoms with Crippen molar-refractivity contribution >= 4 is 37.4 Å². The third kappa shape index (κ3) is 2.83. The molecule has 7 heteroatoms. The highest BCUT2D eigenvalue weighted by Gasteiger charge is 2.68. The summed E-state index contributed by atoms with van der Waals surface area (Å²) in [6, 6.07) is 13.6. The molecule has 2 aromatic rings. The molecular formula is C16H16BrClN2O2S. The minimum absolute atomic E-state index is 0.102. The lowest BCUT2D eigenvalue weighted by atomic mass is 10.1. The maximum absolute atomic E-state index is 12.9. The first-order valence-corrected chi connectivity index (χ1v) is 9.76. The van der Waals surface area contributed by atoms with Crippen molar-refractivity contribution in [1.29, 1.82) is 0 Å². The molecule has 23 heavy (non-hydrogen) atoms. The summed E-state index contributed by atoms with van der Waals surface area (Å²) in [4.78, 5) is 0.217. The van der Waals surface area contributed by atoms with Crippen LogP contribution in [0.1, 0.15) is 11.5 Å². The average Bonchev–Trinajstić information content (AvgIpc) is 3.16. The highest BCUT2D eigenvalue weighted by Crippen LogP contribution is 2.55. The van der Waals surface area contributed by atoms with Crippen molar-refractivity contribution in [1.82, 2.24) is 0 Å². The van der Waals surface area contributed by atoms with E-state index >= 15 is 0 Å². The number of benzene rings is 2. The molecule has 1 fully saturated rings. The van der Waals surface area contributed by atoms with E-state index in [1.54, 1.807) is 12.1 Å². The van der Waals surface area contributed by atoms with E-state index < -0.39 is 20.6 Å². The van der Waals surface area contributed by atoms with Crippen molar-refractivity contribution in [2.75, 3.05) is 6.54 Å². The van der Waals surface area contributed by atoms with E-state index in [9.17, 15) is 8.42 Å². The molecule has 1 aliphatic rings. The SMILES string of the molecule is NC[C@]1(N)[C@H](c2ccc(Br)cc2)[C@H]1S(=O)(=O)c1ccc(Cl)cc1. The highest BCUT2D eigenvalue weighted by atomic mass is 79.9. The molecular weight excluding hydrogens is 400 g/mol. The second-order valence-electron chi connectivity index (χ2n) is 5.77. The van der Waals surface area contributed by atoms with Gasteiger partial charge in [-0.1, -0.05) is 39.7 Å². The van der Waals surface area contributed by atoms with E-state index in [1.165, 1.54) is 12.1 Å².